The Balaban J connectivity index is 2.36. The van der Waals surface area contributed by atoms with Crippen LogP contribution in [0.2, 0.25) is 0 Å². The van der Waals surface area contributed by atoms with Crippen molar-refractivity contribution >= 4 is 16.1 Å². The largest absolute Gasteiger partial charge is 0.497 e. The van der Waals surface area contributed by atoms with E-state index in [0.29, 0.717) is 25.3 Å². The quantitative estimate of drug-likeness (QED) is 0.591. The number of unbranched alkanes of at least 4 members (excludes halogenated alkanes) is 3. The monoisotopic (exact) mass is 414 g/mol. The molecule has 1 aromatic rings. The first-order valence-electron chi connectivity index (χ1n) is 9.56. The highest BCUT2D eigenvalue weighted by Crippen LogP contribution is 2.33. The number of rotatable bonds is 10. The smallest absolute Gasteiger partial charge is 0.407 e. The van der Waals surface area contributed by atoms with E-state index in [1.54, 1.807) is 12.1 Å². The van der Waals surface area contributed by atoms with Crippen LogP contribution in [0.4, 0.5) is 4.79 Å². The summed E-state index contributed by atoms with van der Waals surface area (Å²) in [7, 11) is -0.988. The van der Waals surface area contributed by atoms with Crippen molar-refractivity contribution in [1.82, 2.24) is 9.21 Å². The Morgan fingerprint density at radius 2 is 2.00 bits per heavy atom. The van der Waals surface area contributed by atoms with Crippen molar-refractivity contribution < 1.29 is 27.8 Å². The molecule has 1 atom stereocenters. The summed E-state index contributed by atoms with van der Waals surface area (Å²) in [6.07, 6.45) is 3.18. The lowest BCUT2D eigenvalue weighted by Gasteiger charge is -2.29. The Morgan fingerprint density at radius 3 is 2.57 bits per heavy atom. The van der Waals surface area contributed by atoms with Gasteiger partial charge in [-0.25, -0.2) is 13.2 Å². The summed E-state index contributed by atoms with van der Waals surface area (Å²) in [5, 5.41) is 9.25. The number of methoxy groups -OCH3 is 2. The minimum atomic E-state index is -3.89. The van der Waals surface area contributed by atoms with Crippen molar-refractivity contribution in [2.24, 2.45) is 0 Å². The van der Waals surface area contributed by atoms with Gasteiger partial charge in [0.25, 0.3) is 0 Å². The summed E-state index contributed by atoms with van der Waals surface area (Å²) in [6.45, 7) is 2.95. The van der Waals surface area contributed by atoms with E-state index in [1.165, 1.54) is 29.5 Å². The molecule has 0 saturated carbocycles. The van der Waals surface area contributed by atoms with E-state index in [2.05, 4.69) is 6.92 Å². The van der Waals surface area contributed by atoms with Gasteiger partial charge in [-0.3, -0.25) is 0 Å². The van der Waals surface area contributed by atoms with Crippen LogP contribution in [-0.2, 0) is 10.0 Å². The van der Waals surface area contributed by atoms with Crippen molar-refractivity contribution in [3.8, 4) is 11.5 Å². The van der Waals surface area contributed by atoms with Gasteiger partial charge in [0.05, 0.1) is 14.2 Å². The third kappa shape index (κ3) is 5.08. The molecule has 28 heavy (non-hydrogen) atoms. The lowest BCUT2D eigenvalue weighted by atomic mass is 10.2. The number of sulfonamides is 1. The maximum absolute atomic E-state index is 13.5. The predicted octanol–water partition coefficient (Wildman–Crippen LogP) is 3.03. The first-order valence-corrected chi connectivity index (χ1v) is 11.0. The normalized spacial score (nSPS) is 17.1. The fourth-order valence-electron chi connectivity index (χ4n) is 3.46. The van der Waals surface area contributed by atoms with Crippen LogP contribution in [0.1, 0.15) is 39.0 Å². The second kappa shape index (κ2) is 9.97. The molecule has 0 aliphatic carbocycles. The number of nitrogens with zero attached hydrogens (tertiary/aromatic N) is 2. The van der Waals surface area contributed by atoms with E-state index < -0.39 is 22.2 Å². The third-order valence-corrected chi connectivity index (χ3v) is 7.00. The molecule has 1 N–H and O–H groups in total. The van der Waals surface area contributed by atoms with Gasteiger partial charge in [-0.2, -0.15) is 4.31 Å². The molecule has 1 fully saturated rings. The topological polar surface area (TPSA) is 96.4 Å². The molecule has 9 heteroatoms. The third-order valence-electron chi connectivity index (χ3n) is 5.03. The average Bonchev–Trinajstić information content (AvgIpc) is 3.17. The highest BCUT2D eigenvalue weighted by Gasteiger charge is 2.38. The van der Waals surface area contributed by atoms with Crippen molar-refractivity contribution in [1.29, 1.82) is 0 Å². The highest BCUT2D eigenvalue weighted by atomic mass is 32.2. The lowest BCUT2D eigenvalue weighted by molar-refractivity contribution is 0.152. The molecular formula is C19H30N2O6S. The van der Waals surface area contributed by atoms with Crippen molar-refractivity contribution in [3.05, 3.63) is 18.2 Å². The summed E-state index contributed by atoms with van der Waals surface area (Å²) in [5.74, 6) is 0.663. The molecule has 0 radical (unpaired) electrons. The highest BCUT2D eigenvalue weighted by molar-refractivity contribution is 7.89. The SMILES string of the molecule is CCCCCCN([C@@H]1CCN(C(=O)O)C1)S(=O)(=O)c1cc(OC)ccc1OC. The summed E-state index contributed by atoms with van der Waals surface area (Å²) in [4.78, 5) is 12.6. The van der Waals surface area contributed by atoms with Crippen LogP contribution >= 0.6 is 0 Å². The lowest BCUT2D eigenvalue weighted by Crippen LogP contribution is -2.43. The van der Waals surface area contributed by atoms with Crippen molar-refractivity contribution in [3.63, 3.8) is 0 Å². The van der Waals surface area contributed by atoms with Gasteiger partial charge in [0.2, 0.25) is 10.0 Å². The molecule has 0 bridgehead atoms. The summed E-state index contributed by atoms with van der Waals surface area (Å²) in [6, 6.07) is 4.28. The molecule has 8 nitrogen and oxygen atoms in total. The Kier molecular flexibility index (Phi) is 7.94. The minimum absolute atomic E-state index is 0.0404. The van der Waals surface area contributed by atoms with Gasteiger partial charge in [-0.1, -0.05) is 26.2 Å². The number of amides is 1. The molecule has 1 aromatic carbocycles. The van der Waals surface area contributed by atoms with Gasteiger partial charge >= 0.3 is 6.09 Å². The van der Waals surface area contributed by atoms with Crippen LogP contribution in [-0.4, -0.2) is 68.7 Å². The summed E-state index contributed by atoms with van der Waals surface area (Å²) < 4.78 is 39.0. The maximum Gasteiger partial charge on any atom is 0.407 e. The molecule has 158 valence electrons. The van der Waals surface area contributed by atoms with Crippen LogP contribution in [0.5, 0.6) is 11.5 Å². The van der Waals surface area contributed by atoms with E-state index in [-0.39, 0.29) is 17.2 Å². The summed E-state index contributed by atoms with van der Waals surface area (Å²) in [5.41, 5.74) is 0. The van der Waals surface area contributed by atoms with Gasteiger partial charge in [-0.05, 0) is 25.0 Å². The molecule has 1 saturated heterocycles. The number of carboxylic acid groups (broad SMARTS) is 1. The Bertz CT molecular complexity index is 768. The molecule has 0 unspecified atom stereocenters. The molecule has 1 amide bonds. The van der Waals surface area contributed by atoms with Gasteiger partial charge in [0.1, 0.15) is 16.4 Å². The van der Waals surface area contributed by atoms with Crippen LogP contribution in [0, 0.1) is 0 Å². The maximum atomic E-state index is 13.5. The average molecular weight is 415 g/mol. The van der Waals surface area contributed by atoms with E-state index in [9.17, 15) is 18.3 Å². The first-order chi connectivity index (χ1) is 13.3. The molecule has 0 spiro atoms. The second-order valence-electron chi connectivity index (χ2n) is 6.86. The zero-order valence-corrected chi connectivity index (χ0v) is 17.6. The van der Waals surface area contributed by atoms with Crippen LogP contribution in [0.25, 0.3) is 0 Å². The van der Waals surface area contributed by atoms with Gasteiger partial charge in [0, 0.05) is 31.7 Å². The number of likely N-dealkylation sites (tertiary alicyclic amines) is 1. The van der Waals surface area contributed by atoms with E-state index in [0.717, 1.165) is 25.7 Å². The Morgan fingerprint density at radius 1 is 1.25 bits per heavy atom. The molecule has 1 heterocycles. The zero-order valence-electron chi connectivity index (χ0n) is 16.8. The molecule has 2 rings (SSSR count). The second-order valence-corrected chi connectivity index (χ2v) is 8.72. The number of hydrogen-bond donors (Lipinski definition) is 1. The Labute approximate surface area is 167 Å². The van der Waals surface area contributed by atoms with E-state index in [1.807, 2.05) is 0 Å². The molecule has 0 aromatic heterocycles. The predicted molar refractivity (Wildman–Crippen MR) is 106 cm³/mol. The van der Waals surface area contributed by atoms with Crippen molar-refractivity contribution in [2.75, 3.05) is 33.9 Å². The Hall–Kier alpha value is -2.00. The molecule has 1 aliphatic heterocycles. The van der Waals surface area contributed by atoms with E-state index in [4.69, 9.17) is 9.47 Å². The van der Waals surface area contributed by atoms with Crippen LogP contribution in [0.15, 0.2) is 23.1 Å². The number of benzene rings is 1. The first kappa shape index (κ1) is 22.3. The number of ether oxygens (including phenoxy) is 2. The fraction of sp³-hybridized carbons (Fsp3) is 0.632. The van der Waals surface area contributed by atoms with E-state index >= 15 is 0 Å². The number of hydrogen-bond acceptors (Lipinski definition) is 5. The molecular weight excluding hydrogens is 384 g/mol. The van der Waals surface area contributed by atoms with Crippen LogP contribution < -0.4 is 9.47 Å². The molecule has 1 aliphatic rings. The van der Waals surface area contributed by atoms with Gasteiger partial charge < -0.3 is 19.5 Å². The summed E-state index contributed by atoms with van der Waals surface area (Å²) >= 11 is 0. The van der Waals surface area contributed by atoms with Gasteiger partial charge in [-0.15, -0.1) is 0 Å². The number of carbonyl (C=O) groups is 1. The van der Waals surface area contributed by atoms with Crippen LogP contribution in [0.3, 0.4) is 0 Å². The van der Waals surface area contributed by atoms with Crippen molar-refractivity contribution in [2.45, 2.75) is 50.0 Å². The fourth-order valence-corrected chi connectivity index (χ4v) is 5.31. The standard InChI is InChI=1S/C19H30N2O6S/c1-4-5-6-7-11-21(15-10-12-20(14-15)19(22)23)28(24,25)18-13-16(26-2)8-9-17(18)27-3/h8-9,13,15H,4-7,10-12,14H2,1-3H3,(H,22,23)/t15-/m1/s1. The zero-order chi connectivity index (χ0) is 20.7. The minimum Gasteiger partial charge on any atom is -0.497 e. The van der Waals surface area contributed by atoms with Gasteiger partial charge in [0.15, 0.2) is 0 Å².